The molecule has 1 heterocycles. The van der Waals surface area contributed by atoms with E-state index >= 15 is 0 Å². The Morgan fingerprint density at radius 1 is 1.20 bits per heavy atom. The van der Waals surface area contributed by atoms with E-state index in [-0.39, 0.29) is 24.0 Å². The van der Waals surface area contributed by atoms with Gasteiger partial charge in [0, 0.05) is 25.8 Å². The molecule has 0 aliphatic heterocycles. The first kappa shape index (κ1) is 18.7. The standard InChI is InChI=1S/C18H22N2O5/c1-13-5-7-14(8-6-13)17(21)20(9-4-10-23-2)11-16-19-15(12-25-16)18(22)24-3/h5-8,12H,4,9-11H2,1-3H3. The van der Waals surface area contributed by atoms with Gasteiger partial charge in [-0.25, -0.2) is 9.78 Å². The summed E-state index contributed by atoms with van der Waals surface area (Å²) >= 11 is 0. The summed E-state index contributed by atoms with van der Waals surface area (Å²) in [5, 5.41) is 0. The van der Waals surface area contributed by atoms with Crippen molar-refractivity contribution in [3.63, 3.8) is 0 Å². The number of ether oxygens (including phenoxy) is 2. The fourth-order valence-corrected chi connectivity index (χ4v) is 2.28. The maximum atomic E-state index is 12.8. The molecule has 0 unspecified atom stereocenters. The van der Waals surface area contributed by atoms with Crippen molar-refractivity contribution in [2.75, 3.05) is 27.4 Å². The Balaban J connectivity index is 2.14. The Bertz CT molecular complexity index is 709. The summed E-state index contributed by atoms with van der Waals surface area (Å²) in [5.41, 5.74) is 1.75. The Kier molecular flexibility index (Phi) is 6.71. The zero-order valence-electron chi connectivity index (χ0n) is 14.7. The molecule has 1 aromatic heterocycles. The number of carbonyl (C=O) groups is 2. The minimum Gasteiger partial charge on any atom is -0.464 e. The maximum Gasteiger partial charge on any atom is 0.360 e. The molecule has 0 N–H and O–H groups in total. The second kappa shape index (κ2) is 8.98. The van der Waals surface area contributed by atoms with Crippen molar-refractivity contribution in [3.8, 4) is 0 Å². The van der Waals surface area contributed by atoms with E-state index in [4.69, 9.17) is 9.15 Å². The van der Waals surface area contributed by atoms with Crippen LogP contribution >= 0.6 is 0 Å². The van der Waals surface area contributed by atoms with Crippen LogP contribution in [-0.4, -0.2) is 49.1 Å². The van der Waals surface area contributed by atoms with Crippen molar-refractivity contribution in [3.05, 3.63) is 53.2 Å². The van der Waals surface area contributed by atoms with Crippen molar-refractivity contribution < 1.29 is 23.5 Å². The maximum absolute atomic E-state index is 12.8. The van der Waals surface area contributed by atoms with Crippen LogP contribution in [0.15, 0.2) is 34.9 Å². The topological polar surface area (TPSA) is 81.9 Å². The predicted octanol–water partition coefficient (Wildman–Crippen LogP) is 2.45. The lowest BCUT2D eigenvalue weighted by Gasteiger charge is -2.21. The van der Waals surface area contributed by atoms with Gasteiger partial charge in [-0.2, -0.15) is 0 Å². The van der Waals surface area contributed by atoms with Gasteiger partial charge in [0.25, 0.3) is 5.91 Å². The SMILES string of the molecule is COCCCN(Cc1nc(C(=O)OC)co1)C(=O)c1ccc(C)cc1. The molecule has 134 valence electrons. The summed E-state index contributed by atoms with van der Waals surface area (Å²) < 4.78 is 15.0. The Hall–Kier alpha value is -2.67. The van der Waals surface area contributed by atoms with Gasteiger partial charge in [0.1, 0.15) is 6.26 Å². The predicted molar refractivity (Wildman–Crippen MR) is 90.3 cm³/mol. The number of esters is 1. The number of carbonyl (C=O) groups excluding carboxylic acids is 2. The highest BCUT2D eigenvalue weighted by atomic mass is 16.5. The first-order valence-corrected chi connectivity index (χ1v) is 7.92. The molecular formula is C18H22N2O5. The quantitative estimate of drug-likeness (QED) is 0.539. The van der Waals surface area contributed by atoms with E-state index in [1.807, 2.05) is 19.1 Å². The molecule has 0 aliphatic rings. The molecule has 1 aromatic carbocycles. The minimum atomic E-state index is -0.578. The number of oxazole rings is 1. The molecule has 0 saturated heterocycles. The molecule has 0 atom stereocenters. The number of hydrogen-bond donors (Lipinski definition) is 0. The monoisotopic (exact) mass is 346 g/mol. The first-order valence-electron chi connectivity index (χ1n) is 7.92. The zero-order chi connectivity index (χ0) is 18.2. The molecule has 7 nitrogen and oxygen atoms in total. The average molecular weight is 346 g/mol. The number of hydrogen-bond acceptors (Lipinski definition) is 6. The highest BCUT2D eigenvalue weighted by Crippen LogP contribution is 2.12. The summed E-state index contributed by atoms with van der Waals surface area (Å²) in [6.07, 6.45) is 1.91. The molecule has 0 saturated carbocycles. The van der Waals surface area contributed by atoms with E-state index in [1.54, 1.807) is 24.1 Å². The van der Waals surface area contributed by atoms with Crippen molar-refractivity contribution in [1.82, 2.24) is 9.88 Å². The smallest absolute Gasteiger partial charge is 0.360 e. The van der Waals surface area contributed by atoms with Crippen LogP contribution in [0.5, 0.6) is 0 Å². The summed E-state index contributed by atoms with van der Waals surface area (Å²) in [7, 11) is 2.89. The highest BCUT2D eigenvalue weighted by Gasteiger charge is 2.20. The lowest BCUT2D eigenvalue weighted by molar-refractivity contribution is 0.0594. The highest BCUT2D eigenvalue weighted by molar-refractivity contribution is 5.94. The minimum absolute atomic E-state index is 0.0807. The lowest BCUT2D eigenvalue weighted by Crippen LogP contribution is -2.32. The van der Waals surface area contributed by atoms with E-state index in [1.165, 1.54) is 13.4 Å². The van der Waals surface area contributed by atoms with E-state index in [9.17, 15) is 9.59 Å². The van der Waals surface area contributed by atoms with Gasteiger partial charge in [-0.05, 0) is 25.5 Å². The third kappa shape index (κ3) is 5.15. The molecule has 2 aromatic rings. The second-order valence-corrected chi connectivity index (χ2v) is 5.56. The zero-order valence-corrected chi connectivity index (χ0v) is 14.7. The van der Waals surface area contributed by atoms with Gasteiger partial charge < -0.3 is 18.8 Å². The molecule has 0 fully saturated rings. The molecule has 25 heavy (non-hydrogen) atoms. The van der Waals surface area contributed by atoms with Crippen LogP contribution in [0.25, 0.3) is 0 Å². The molecule has 0 bridgehead atoms. The third-order valence-electron chi connectivity index (χ3n) is 3.63. The van der Waals surface area contributed by atoms with Gasteiger partial charge in [-0.15, -0.1) is 0 Å². The Labute approximate surface area is 146 Å². The number of methoxy groups -OCH3 is 2. The molecule has 0 radical (unpaired) electrons. The number of benzene rings is 1. The average Bonchev–Trinajstić information content (AvgIpc) is 3.09. The molecule has 1 amide bonds. The van der Waals surface area contributed by atoms with Crippen LogP contribution in [0.2, 0.25) is 0 Å². The number of amides is 1. The van der Waals surface area contributed by atoms with Crippen LogP contribution in [0.3, 0.4) is 0 Å². The molecule has 2 rings (SSSR count). The number of aromatic nitrogens is 1. The van der Waals surface area contributed by atoms with Crippen molar-refractivity contribution in [1.29, 1.82) is 0 Å². The fourth-order valence-electron chi connectivity index (χ4n) is 2.28. The fraction of sp³-hybridized carbons (Fsp3) is 0.389. The molecule has 0 spiro atoms. The van der Waals surface area contributed by atoms with Crippen LogP contribution in [-0.2, 0) is 16.0 Å². The number of aryl methyl sites for hydroxylation is 1. The summed E-state index contributed by atoms with van der Waals surface area (Å²) in [6, 6.07) is 7.36. The van der Waals surface area contributed by atoms with Crippen molar-refractivity contribution >= 4 is 11.9 Å². The van der Waals surface area contributed by atoms with Crippen molar-refractivity contribution in [2.24, 2.45) is 0 Å². The summed E-state index contributed by atoms with van der Waals surface area (Å²) in [5.74, 6) is -0.432. The first-order chi connectivity index (χ1) is 12.0. The van der Waals surface area contributed by atoms with Gasteiger partial charge in [0.2, 0.25) is 5.89 Å². The van der Waals surface area contributed by atoms with Crippen LogP contribution < -0.4 is 0 Å². The van der Waals surface area contributed by atoms with E-state index in [0.29, 0.717) is 25.1 Å². The second-order valence-electron chi connectivity index (χ2n) is 5.56. The van der Waals surface area contributed by atoms with Crippen LogP contribution in [0.4, 0.5) is 0 Å². The Morgan fingerprint density at radius 3 is 2.56 bits per heavy atom. The normalized spacial score (nSPS) is 10.5. The van der Waals surface area contributed by atoms with Gasteiger partial charge in [0.05, 0.1) is 13.7 Å². The number of nitrogens with zero attached hydrogens (tertiary/aromatic N) is 2. The van der Waals surface area contributed by atoms with Crippen LogP contribution in [0.1, 0.15) is 38.7 Å². The third-order valence-corrected chi connectivity index (χ3v) is 3.63. The summed E-state index contributed by atoms with van der Waals surface area (Å²) in [4.78, 5) is 29.9. The number of rotatable bonds is 8. The molecular weight excluding hydrogens is 324 g/mol. The largest absolute Gasteiger partial charge is 0.464 e. The van der Waals surface area contributed by atoms with Gasteiger partial charge >= 0.3 is 5.97 Å². The van der Waals surface area contributed by atoms with Gasteiger partial charge in [-0.3, -0.25) is 4.79 Å². The van der Waals surface area contributed by atoms with E-state index in [0.717, 1.165) is 5.56 Å². The van der Waals surface area contributed by atoms with Gasteiger partial charge in [-0.1, -0.05) is 17.7 Å². The summed E-state index contributed by atoms with van der Waals surface area (Å²) in [6.45, 7) is 3.15. The molecule has 7 heteroatoms. The lowest BCUT2D eigenvalue weighted by atomic mass is 10.1. The van der Waals surface area contributed by atoms with E-state index < -0.39 is 5.97 Å². The van der Waals surface area contributed by atoms with Gasteiger partial charge in [0.15, 0.2) is 5.69 Å². The molecule has 0 aliphatic carbocycles. The van der Waals surface area contributed by atoms with Crippen LogP contribution in [0, 0.1) is 6.92 Å². The van der Waals surface area contributed by atoms with Crippen molar-refractivity contribution in [2.45, 2.75) is 19.9 Å². The van der Waals surface area contributed by atoms with E-state index in [2.05, 4.69) is 9.72 Å². The Morgan fingerprint density at radius 2 is 1.92 bits per heavy atom.